The van der Waals surface area contributed by atoms with Gasteiger partial charge in [-0.2, -0.15) is 5.10 Å². The number of hydrogen-bond acceptors (Lipinski definition) is 3. The maximum atomic E-state index is 4.29. The lowest BCUT2D eigenvalue weighted by Crippen LogP contribution is -2.63. The van der Waals surface area contributed by atoms with Crippen LogP contribution in [0.4, 0.5) is 0 Å². The number of nitrogens with one attached hydrogen (secondary N) is 1. The predicted molar refractivity (Wildman–Crippen MR) is 86.4 cm³/mol. The van der Waals surface area contributed by atoms with E-state index in [0.717, 1.165) is 12.5 Å². The first-order valence-electron chi connectivity index (χ1n) is 8.67. The Morgan fingerprint density at radius 1 is 1.38 bits per heavy atom. The first-order chi connectivity index (χ1) is 10.2. The van der Waals surface area contributed by atoms with E-state index in [9.17, 15) is 0 Å². The normalized spacial score (nSPS) is 25.7. The van der Waals surface area contributed by atoms with Gasteiger partial charge in [-0.15, -0.1) is 0 Å². The van der Waals surface area contributed by atoms with Gasteiger partial charge in [-0.05, 0) is 31.2 Å². The number of hydrogen-bond donors (Lipinski definition) is 1. The summed E-state index contributed by atoms with van der Waals surface area (Å²) in [6, 6.07) is 0.720. The third-order valence-corrected chi connectivity index (χ3v) is 5.36. The average Bonchev–Trinajstić information content (AvgIpc) is 3.09. The molecule has 0 amide bonds. The summed E-state index contributed by atoms with van der Waals surface area (Å²) in [5, 5.41) is 8.20. The first kappa shape index (κ1) is 15.0. The van der Waals surface area contributed by atoms with Crippen molar-refractivity contribution in [1.82, 2.24) is 20.0 Å². The molecule has 3 rings (SSSR count). The van der Waals surface area contributed by atoms with E-state index in [4.69, 9.17) is 0 Å². The molecule has 2 heterocycles. The largest absolute Gasteiger partial charge is 0.308 e. The average molecular weight is 290 g/mol. The van der Waals surface area contributed by atoms with Crippen LogP contribution in [0.3, 0.4) is 0 Å². The zero-order valence-electron chi connectivity index (χ0n) is 13.6. The minimum atomic E-state index is 0.430. The minimum absolute atomic E-state index is 0.430. The molecule has 4 nitrogen and oxygen atoms in total. The van der Waals surface area contributed by atoms with Gasteiger partial charge in [0.25, 0.3) is 0 Å². The highest BCUT2D eigenvalue weighted by Gasteiger charge is 2.40. The van der Waals surface area contributed by atoms with Gasteiger partial charge >= 0.3 is 0 Å². The third-order valence-electron chi connectivity index (χ3n) is 5.36. The number of aromatic nitrogens is 2. The van der Waals surface area contributed by atoms with Gasteiger partial charge in [0.15, 0.2) is 0 Å². The zero-order valence-corrected chi connectivity index (χ0v) is 13.6. The van der Waals surface area contributed by atoms with E-state index in [0.29, 0.717) is 5.54 Å². The second-order valence-electron chi connectivity index (χ2n) is 7.05. The second kappa shape index (κ2) is 6.49. The summed E-state index contributed by atoms with van der Waals surface area (Å²) in [7, 11) is 2.00. The van der Waals surface area contributed by atoms with Crippen LogP contribution in [0.2, 0.25) is 0 Å². The van der Waals surface area contributed by atoms with Crippen molar-refractivity contribution in [2.75, 3.05) is 19.6 Å². The van der Waals surface area contributed by atoms with E-state index in [-0.39, 0.29) is 0 Å². The quantitative estimate of drug-likeness (QED) is 0.903. The van der Waals surface area contributed by atoms with Gasteiger partial charge in [-0.25, -0.2) is 0 Å². The topological polar surface area (TPSA) is 33.1 Å². The minimum Gasteiger partial charge on any atom is -0.308 e. The van der Waals surface area contributed by atoms with Gasteiger partial charge in [0, 0.05) is 44.5 Å². The Morgan fingerprint density at radius 2 is 2.19 bits per heavy atom. The lowest BCUT2D eigenvalue weighted by atomic mass is 9.91. The molecule has 1 unspecified atom stereocenters. The molecule has 1 aromatic rings. The van der Waals surface area contributed by atoms with Gasteiger partial charge in [0.05, 0.1) is 6.20 Å². The molecule has 1 N–H and O–H groups in total. The highest BCUT2D eigenvalue weighted by Crippen LogP contribution is 2.33. The molecule has 0 radical (unpaired) electrons. The summed E-state index contributed by atoms with van der Waals surface area (Å²) in [6.07, 6.45) is 13.4. The van der Waals surface area contributed by atoms with Gasteiger partial charge in [-0.3, -0.25) is 9.58 Å². The molecule has 2 fully saturated rings. The van der Waals surface area contributed by atoms with Gasteiger partial charge in [-0.1, -0.05) is 26.2 Å². The van der Waals surface area contributed by atoms with Gasteiger partial charge in [0.1, 0.15) is 0 Å². The summed E-state index contributed by atoms with van der Waals surface area (Å²) >= 11 is 0. The van der Waals surface area contributed by atoms with E-state index in [1.54, 1.807) is 0 Å². The Balaban J connectivity index is 1.62. The summed E-state index contributed by atoms with van der Waals surface area (Å²) in [6.45, 7) is 5.91. The zero-order chi connectivity index (χ0) is 14.7. The molecule has 0 aromatic carbocycles. The fourth-order valence-electron chi connectivity index (χ4n) is 4.18. The van der Waals surface area contributed by atoms with Crippen molar-refractivity contribution in [3.63, 3.8) is 0 Å². The molecule has 1 aromatic heterocycles. The molecule has 21 heavy (non-hydrogen) atoms. The Kier molecular flexibility index (Phi) is 4.65. The van der Waals surface area contributed by atoms with E-state index < -0.39 is 0 Å². The van der Waals surface area contributed by atoms with Crippen LogP contribution < -0.4 is 5.32 Å². The van der Waals surface area contributed by atoms with Crippen molar-refractivity contribution in [3.05, 3.63) is 18.0 Å². The molecule has 1 saturated carbocycles. The molecule has 4 heteroatoms. The molecule has 1 atom stereocenters. The van der Waals surface area contributed by atoms with Crippen LogP contribution in [0.5, 0.6) is 0 Å². The maximum Gasteiger partial charge on any atom is 0.0522 e. The van der Waals surface area contributed by atoms with Crippen LogP contribution >= 0.6 is 0 Å². The van der Waals surface area contributed by atoms with E-state index in [2.05, 4.69) is 28.4 Å². The Hall–Kier alpha value is -0.870. The SMILES string of the molecule is CCCC1CNC2(CCCC2)CN1CCc1cnn(C)c1. The van der Waals surface area contributed by atoms with Crippen molar-refractivity contribution in [2.45, 2.75) is 63.5 Å². The molecule has 1 aliphatic heterocycles. The summed E-state index contributed by atoms with van der Waals surface area (Å²) in [4.78, 5) is 2.76. The fraction of sp³-hybridized carbons (Fsp3) is 0.824. The smallest absolute Gasteiger partial charge is 0.0522 e. The Bertz CT molecular complexity index is 447. The molecular weight excluding hydrogens is 260 g/mol. The van der Waals surface area contributed by atoms with Crippen LogP contribution in [0, 0.1) is 0 Å². The van der Waals surface area contributed by atoms with Crippen LogP contribution in [-0.4, -0.2) is 45.9 Å². The standard InChI is InChI=1S/C17H30N4/c1-3-6-16-12-18-17(8-4-5-9-17)14-21(16)10-7-15-11-19-20(2)13-15/h11,13,16,18H,3-10,12,14H2,1-2H3. The van der Waals surface area contributed by atoms with Crippen molar-refractivity contribution < 1.29 is 0 Å². The van der Waals surface area contributed by atoms with Crippen molar-refractivity contribution in [2.24, 2.45) is 7.05 Å². The number of rotatable bonds is 5. The highest BCUT2D eigenvalue weighted by molar-refractivity contribution is 5.06. The van der Waals surface area contributed by atoms with Crippen LogP contribution in [-0.2, 0) is 13.5 Å². The number of piperazine rings is 1. The van der Waals surface area contributed by atoms with Crippen LogP contribution in [0.15, 0.2) is 12.4 Å². The summed E-state index contributed by atoms with van der Waals surface area (Å²) in [5.74, 6) is 0. The lowest BCUT2D eigenvalue weighted by Gasteiger charge is -2.46. The number of nitrogens with zero attached hydrogens (tertiary/aromatic N) is 3. The molecular formula is C17H30N4. The molecule has 1 spiro atoms. The lowest BCUT2D eigenvalue weighted by molar-refractivity contribution is 0.0765. The third kappa shape index (κ3) is 3.49. The fourth-order valence-corrected chi connectivity index (χ4v) is 4.18. The Labute approximate surface area is 128 Å². The predicted octanol–water partition coefficient (Wildman–Crippen LogP) is 2.35. The second-order valence-corrected chi connectivity index (χ2v) is 7.05. The van der Waals surface area contributed by atoms with Crippen molar-refractivity contribution >= 4 is 0 Å². The monoisotopic (exact) mass is 290 g/mol. The molecule has 1 saturated heterocycles. The first-order valence-corrected chi connectivity index (χ1v) is 8.67. The van der Waals surface area contributed by atoms with Crippen LogP contribution in [0.1, 0.15) is 51.0 Å². The van der Waals surface area contributed by atoms with E-state index in [1.165, 1.54) is 63.7 Å². The van der Waals surface area contributed by atoms with Gasteiger partial charge in [0.2, 0.25) is 0 Å². The van der Waals surface area contributed by atoms with E-state index in [1.807, 2.05) is 17.9 Å². The molecule has 1 aliphatic carbocycles. The maximum absolute atomic E-state index is 4.29. The summed E-state index contributed by atoms with van der Waals surface area (Å²) in [5.41, 5.74) is 1.80. The summed E-state index contributed by atoms with van der Waals surface area (Å²) < 4.78 is 1.91. The Morgan fingerprint density at radius 3 is 2.86 bits per heavy atom. The van der Waals surface area contributed by atoms with Crippen molar-refractivity contribution in [3.8, 4) is 0 Å². The van der Waals surface area contributed by atoms with Crippen molar-refractivity contribution in [1.29, 1.82) is 0 Å². The van der Waals surface area contributed by atoms with Gasteiger partial charge < -0.3 is 5.32 Å². The molecule has 0 bridgehead atoms. The molecule has 2 aliphatic rings. The number of aryl methyl sites for hydroxylation is 1. The van der Waals surface area contributed by atoms with Crippen LogP contribution in [0.25, 0.3) is 0 Å². The highest BCUT2D eigenvalue weighted by atomic mass is 15.3. The van der Waals surface area contributed by atoms with E-state index >= 15 is 0 Å². The molecule has 118 valence electrons.